The minimum Gasteiger partial charge on any atom is -0.486 e. The predicted octanol–water partition coefficient (Wildman–Crippen LogP) is 3.14. The summed E-state index contributed by atoms with van der Waals surface area (Å²) in [4.78, 5) is 12.6. The average Bonchev–Trinajstić information content (AvgIpc) is 3.28. The molecule has 1 saturated heterocycles. The molecule has 28 heavy (non-hydrogen) atoms. The molecule has 0 bridgehead atoms. The highest BCUT2D eigenvalue weighted by Gasteiger charge is 2.27. The number of carbonyl (C=O) groups excluding carboxylic acids is 1. The van der Waals surface area contributed by atoms with Gasteiger partial charge >= 0.3 is 0 Å². The van der Waals surface area contributed by atoms with Crippen LogP contribution < -0.4 is 9.47 Å². The molecule has 6 nitrogen and oxygen atoms in total. The van der Waals surface area contributed by atoms with Gasteiger partial charge in [0.15, 0.2) is 17.3 Å². The Morgan fingerprint density at radius 1 is 0.929 bits per heavy atom. The highest BCUT2D eigenvalue weighted by atomic mass is 32.2. The number of benzene rings is 2. The first-order chi connectivity index (χ1) is 13.5. The smallest absolute Gasteiger partial charge is 0.243 e. The van der Waals surface area contributed by atoms with Crippen LogP contribution in [0.5, 0.6) is 11.5 Å². The first-order valence-corrected chi connectivity index (χ1v) is 10.7. The molecule has 4 rings (SSSR count). The Kier molecular flexibility index (Phi) is 5.19. The van der Waals surface area contributed by atoms with Crippen LogP contribution in [0.2, 0.25) is 0 Å². The number of hydrogen-bond acceptors (Lipinski definition) is 5. The minimum atomic E-state index is -3.47. The van der Waals surface area contributed by atoms with Crippen LogP contribution >= 0.6 is 0 Å². The second-order valence-electron chi connectivity index (χ2n) is 6.74. The van der Waals surface area contributed by atoms with Crippen molar-refractivity contribution in [3.05, 3.63) is 59.7 Å². The summed E-state index contributed by atoms with van der Waals surface area (Å²) in [5.74, 6) is 1.17. The summed E-state index contributed by atoms with van der Waals surface area (Å²) < 4.78 is 37.6. The SMILES string of the molecule is O=C(/C=C/c1ccc2c(c1)OCCO2)c1ccc(S(=O)(=O)N2CCCC2)cc1. The second-order valence-corrected chi connectivity index (χ2v) is 8.67. The van der Waals surface area contributed by atoms with Crippen LogP contribution in [-0.4, -0.2) is 44.8 Å². The first kappa shape index (κ1) is 18.7. The van der Waals surface area contributed by atoms with E-state index in [0.29, 0.717) is 43.4 Å². The van der Waals surface area contributed by atoms with E-state index in [0.717, 1.165) is 18.4 Å². The van der Waals surface area contributed by atoms with Gasteiger partial charge in [-0.3, -0.25) is 4.79 Å². The van der Waals surface area contributed by atoms with Crippen molar-refractivity contribution in [3.8, 4) is 11.5 Å². The van der Waals surface area contributed by atoms with E-state index < -0.39 is 10.0 Å². The van der Waals surface area contributed by atoms with Gasteiger partial charge in [0.25, 0.3) is 0 Å². The topological polar surface area (TPSA) is 72.9 Å². The van der Waals surface area contributed by atoms with Gasteiger partial charge in [0.2, 0.25) is 10.0 Å². The molecule has 1 fully saturated rings. The quantitative estimate of drug-likeness (QED) is 0.571. The van der Waals surface area contributed by atoms with E-state index in [9.17, 15) is 13.2 Å². The third-order valence-electron chi connectivity index (χ3n) is 4.84. The van der Waals surface area contributed by atoms with Crippen LogP contribution in [0.1, 0.15) is 28.8 Å². The van der Waals surface area contributed by atoms with Crippen LogP contribution in [0.15, 0.2) is 53.4 Å². The van der Waals surface area contributed by atoms with Crippen LogP contribution in [-0.2, 0) is 10.0 Å². The summed E-state index contributed by atoms with van der Waals surface area (Å²) in [5.41, 5.74) is 1.26. The van der Waals surface area contributed by atoms with Crippen molar-refractivity contribution in [1.82, 2.24) is 4.31 Å². The molecule has 0 radical (unpaired) electrons. The van der Waals surface area contributed by atoms with E-state index in [2.05, 4.69) is 0 Å². The van der Waals surface area contributed by atoms with E-state index in [4.69, 9.17) is 9.47 Å². The van der Waals surface area contributed by atoms with Gasteiger partial charge in [0, 0.05) is 18.7 Å². The maximum atomic E-state index is 12.5. The maximum Gasteiger partial charge on any atom is 0.243 e. The first-order valence-electron chi connectivity index (χ1n) is 9.26. The lowest BCUT2D eigenvalue weighted by molar-refractivity contribution is 0.104. The summed E-state index contributed by atoms with van der Waals surface area (Å²) in [5, 5.41) is 0. The predicted molar refractivity (Wildman–Crippen MR) is 105 cm³/mol. The standard InChI is InChI=1S/C21H21NO5S/c23-19(9-3-16-4-10-20-21(15-16)27-14-13-26-20)17-5-7-18(8-6-17)28(24,25)22-11-1-2-12-22/h3-10,15H,1-2,11-14H2/b9-3+. The fraction of sp³-hybridized carbons (Fsp3) is 0.286. The molecule has 0 aromatic heterocycles. The van der Waals surface area contributed by atoms with Gasteiger partial charge in [-0.15, -0.1) is 0 Å². The third-order valence-corrected chi connectivity index (χ3v) is 6.75. The molecule has 0 unspecified atom stereocenters. The van der Waals surface area contributed by atoms with Gasteiger partial charge in [-0.25, -0.2) is 8.42 Å². The molecule has 0 saturated carbocycles. The van der Waals surface area contributed by atoms with Crippen molar-refractivity contribution in [1.29, 1.82) is 0 Å². The van der Waals surface area contributed by atoms with Crippen molar-refractivity contribution in [2.24, 2.45) is 0 Å². The molecule has 2 aliphatic rings. The van der Waals surface area contributed by atoms with Gasteiger partial charge in [-0.2, -0.15) is 4.31 Å². The molecule has 7 heteroatoms. The summed E-state index contributed by atoms with van der Waals surface area (Å²) in [7, 11) is -3.47. The molecule has 0 N–H and O–H groups in total. The van der Waals surface area contributed by atoms with Crippen molar-refractivity contribution >= 4 is 21.9 Å². The Labute approximate surface area is 164 Å². The number of carbonyl (C=O) groups is 1. The Bertz CT molecular complexity index is 1010. The molecule has 2 heterocycles. The van der Waals surface area contributed by atoms with E-state index in [1.165, 1.54) is 22.5 Å². The lowest BCUT2D eigenvalue weighted by Crippen LogP contribution is -2.27. The molecular formula is C21H21NO5S. The summed E-state index contributed by atoms with van der Waals surface area (Å²) >= 11 is 0. The number of nitrogens with zero attached hydrogens (tertiary/aromatic N) is 1. The summed E-state index contributed by atoms with van der Waals surface area (Å²) in [6.07, 6.45) is 4.95. The normalized spacial score (nSPS) is 17.1. The fourth-order valence-corrected chi connectivity index (χ4v) is 4.82. The van der Waals surface area contributed by atoms with Crippen molar-refractivity contribution in [2.45, 2.75) is 17.7 Å². The average molecular weight is 399 g/mol. The molecule has 0 spiro atoms. The van der Waals surface area contributed by atoms with Crippen LogP contribution in [0.25, 0.3) is 6.08 Å². The maximum absolute atomic E-state index is 12.5. The van der Waals surface area contributed by atoms with Crippen LogP contribution in [0, 0.1) is 0 Å². The number of rotatable bonds is 5. The molecular weight excluding hydrogens is 378 g/mol. The van der Waals surface area contributed by atoms with E-state index in [1.54, 1.807) is 18.2 Å². The highest BCUT2D eigenvalue weighted by Crippen LogP contribution is 2.31. The molecule has 2 aromatic carbocycles. The number of sulfonamides is 1. The lowest BCUT2D eigenvalue weighted by Gasteiger charge is -2.18. The zero-order valence-electron chi connectivity index (χ0n) is 15.3. The number of allylic oxidation sites excluding steroid dienone is 1. The Balaban J connectivity index is 1.47. The Morgan fingerprint density at radius 3 is 2.32 bits per heavy atom. The number of fused-ring (bicyclic) bond motifs is 1. The van der Waals surface area contributed by atoms with Crippen LogP contribution in [0.3, 0.4) is 0 Å². The molecule has 0 aliphatic carbocycles. The number of hydrogen-bond donors (Lipinski definition) is 0. The van der Waals surface area contributed by atoms with Crippen molar-refractivity contribution in [3.63, 3.8) is 0 Å². The van der Waals surface area contributed by atoms with E-state index >= 15 is 0 Å². The van der Waals surface area contributed by atoms with E-state index in [1.807, 2.05) is 18.2 Å². The van der Waals surface area contributed by atoms with Crippen molar-refractivity contribution in [2.75, 3.05) is 26.3 Å². The third kappa shape index (κ3) is 3.81. The van der Waals surface area contributed by atoms with Gasteiger partial charge in [-0.05, 0) is 60.9 Å². The fourth-order valence-electron chi connectivity index (χ4n) is 3.30. The largest absolute Gasteiger partial charge is 0.486 e. The van der Waals surface area contributed by atoms with Gasteiger partial charge in [-0.1, -0.05) is 12.1 Å². The van der Waals surface area contributed by atoms with Gasteiger partial charge in [0.1, 0.15) is 13.2 Å². The molecule has 0 atom stereocenters. The Hall–Kier alpha value is -2.64. The Morgan fingerprint density at radius 2 is 1.61 bits per heavy atom. The van der Waals surface area contributed by atoms with Gasteiger partial charge in [0.05, 0.1) is 4.90 Å². The zero-order valence-corrected chi connectivity index (χ0v) is 16.2. The zero-order chi connectivity index (χ0) is 19.6. The minimum absolute atomic E-state index is 0.194. The van der Waals surface area contributed by atoms with E-state index in [-0.39, 0.29) is 10.7 Å². The molecule has 2 aliphatic heterocycles. The monoisotopic (exact) mass is 399 g/mol. The van der Waals surface area contributed by atoms with Crippen molar-refractivity contribution < 1.29 is 22.7 Å². The molecule has 146 valence electrons. The van der Waals surface area contributed by atoms with Crippen LogP contribution in [0.4, 0.5) is 0 Å². The summed E-state index contributed by atoms with van der Waals surface area (Å²) in [6.45, 7) is 2.15. The highest BCUT2D eigenvalue weighted by molar-refractivity contribution is 7.89. The second kappa shape index (κ2) is 7.77. The number of ether oxygens (including phenoxy) is 2. The molecule has 2 aromatic rings. The summed E-state index contributed by atoms with van der Waals surface area (Å²) in [6, 6.07) is 11.6. The lowest BCUT2D eigenvalue weighted by atomic mass is 10.1. The van der Waals surface area contributed by atoms with Gasteiger partial charge < -0.3 is 9.47 Å². The molecule has 0 amide bonds. The number of ketones is 1.